The second-order valence-corrected chi connectivity index (χ2v) is 14.4. The standard InChI is InChI=1S/C53H35N3O/c1-3-12-36(13-4-1)37-22-24-39(25-23-37)55(40-26-28-41(29-27-40)56-50-20-9-7-16-44(50)49-35-54-33-32-51(49)56)42-30-31-43(48(34-42)38-14-5-2-6-15-38)46-18-11-19-47-45-17-8-10-21-52(45)57-53(46)47/h1-35H. The van der Waals surface area contributed by atoms with Crippen LogP contribution in [0.4, 0.5) is 17.1 Å². The molecule has 8 aromatic carbocycles. The maximum Gasteiger partial charge on any atom is 0.143 e. The summed E-state index contributed by atoms with van der Waals surface area (Å²) in [5, 5.41) is 4.57. The van der Waals surface area contributed by atoms with E-state index < -0.39 is 0 Å². The van der Waals surface area contributed by atoms with Crippen molar-refractivity contribution in [3.63, 3.8) is 0 Å². The molecule has 0 spiro atoms. The van der Waals surface area contributed by atoms with Crippen molar-refractivity contribution in [1.82, 2.24) is 9.55 Å². The summed E-state index contributed by atoms with van der Waals surface area (Å²) in [6.45, 7) is 0. The van der Waals surface area contributed by atoms with Crippen LogP contribution in [0.1, 0.15) is 0 Å². The number of hydrogen-bond acceptors (Lipinski definition) is 3. The first kappa shape index (κ1) is 32.7. The van der Waals surface area contributed by atoms with E-state index >= 15 is 0 Å². The van der Waals surface area contributed by atoms with Gasteiger partial charge in [-0.2, -0.15) is 0 Å². The maximum atomic E-state index is 6.57. The van der Waals surface area contributed by atoms with Crippen molar-refractivity contribution in [1.29, 1.82) is 0 Å². The largest absolute Gasteiger partial charge is 0.455 e. The van der Waals surface area contributed by atoms with Crippen LogP contribution in [0.2, 0.25) is 0 Å². The van der Waals surface area contributed by atoms with E-state index in [1.165, 1.54) is 16.5 Å². The Morgan fingerprint density at radius 3 is 1.81 bits per heavy atom. The third kappa shape index (κ3) is 5.58. The average Bonchev–Trinajstić information content (AvgIpc) is 3.84. The molecule has 11 rings (SSSR count). The zero-order valence-electron chi connectivity index (χ0n) is 31.0. The number of pyridine rings is 1. The number of furan rings is 1. The first-order chi connectivity index (χ1) is 28.3. The van der Waals surface area contributed by atoms with Gasteiger partial charge in [0.15, 0.2) is 0 Å². The molecule has 0 saturated carbocycles. The molecule has 11 aromatic rings. The number of anilines is 3. The van der Waals surface area contributed by atoms with Gasteiger partial charge in [0, 0.05) is 62.3 Å². The molecular formula is C53H35N3O. The lowest BCUT2D eigenvalue weighted by Gasteiger charge is -2.27. The summed E-state index contributed by atoms with van der Waals surface area (Å²) in [6.07, 6.45) is 3.83. The number of fused-ring (bicyclic) bond motifs is 6. The third-order valence-electron chi connectivity index (χ3n) is 11.1. The lowest BCUT2D eigenvalue weighted by Crippen LogP contribution is -2.10. The van der Waals surface area contributed by atoms with Crippen molar-refractivity contribution >= 4 is 60.8 Å². The smallest absolute Gasteiger partial charge is 0.143 e. The van der Waals surface area contributed by atoms with Gasteiger partial charge in [0.2, 0.25) is 0 Å². The van der Waals surface area contributed by atoms with Gasteiger partial charge in [-0.05, 0) is 94.5 Å². The SMILES string of the molecule is c1ccc(-c2ccc(N(c3ccc(-n4c5ccccc5c5cnccc54)cc3)c3ccc(-c4cccc5c4oc4ccccc45)c(-c4ccccc4)c3)cc2)cc1. The van der Waals surface area contributed by atoms with Crippen molar-refractivity contribution in [2.45, 2.75) is 0 Å². The predicted octanol–water partition coefficient (Wildman–Crippen LogP) is 14.5. The minimum atomic E-state index is 0.893. The molecule has 3 aromatic heterocycles. The molecule has 0 atom stereocenters. The number of hydrogen-bond donors (Lipinski definition) is 0. The highest BCUT2D eigenvalue weighted by atomic mass is 16.3. The van der Waals surface area contributed by atoms with Crippen molar-refractivity contribution in [2.75, 3.05) is 4.90 Å². The van der Waals surface area contributed by atoms with Crippen LogP contribution >= 0.6 is 0 Å². The fourth-order valence-corrected chi connectivity index (χ4v) is 8.45. The molecule has 0 aliphatic carbocycles. The molecule has 0 unspecified atom stereocenters. The van der Waals surface area contributed by atoms with E-state index in [4.69, 9.17) is 4.42 Å². The number of nitrogens with zero attached hydrogens (tertiary/aromatic N) is 3. The van der Waals surface area contributed by atoms with E-state index in [1.54, 1.807) is 0 Å². The summed E-state index contributed by atoms with van der Waals surface area (Å²) in [7, 11) is 0. The number of rotatable bonds is 7. The Labute approximate surface area is 330 Å². The molecule has 4 heteroatoms. The molecule has 0 radical (unpaired) electrons. The Morgan fingerprint density at radius 2 is 1.02 bits per heavy atom. The van der Waals surface area contributed by atoms with Gasteiger partial charge in [0.25, 0.3) is 0 Å². The van der Waals surface area contributed by atoms with Gasteiger partial charge >= 0.3 is 0 Å². The molecule has 0 fully saturated rings. The Kier molecular flexibility index (Phi) is 7.78. The van der Waals surface area contributed by atoms with Crippen molar-refractivity contribution in [3.8, 4) is 39.1 Å². The van der Waals surface area contributed by atoms with Gasteiger partial charge in [-0.1, -0.05) is 133 Å². The van der Waals surface area contributed by atoms with Gasteiger partial charge in [0.1, 0.15) is 11.2 Å². The highest BCUT2D eigenvalue weighted by molar-refractivity contribution is 6.11. The molecule has 0 aliphatic heterocycles. The molecule has 0 bridgehead atoms. The Hall–Kier alpha value is -7.69. The molecule has 4 nitrogen and oxygen atoms in total. The fraction of sp³-hybridized carbons (Fsp3) is 0. The van der Waals surface area contributed by atoms with Crippen LogP contribution in [0.25, 0.3) is 82.8 Å². The lowest BCUT2D eigenvalue weighted by atomic mass is 9.92. The van der Waals surface area contributed by atoms with Crippen LogP contribution in [0.15, 0.2) is 217 Å². The van der Waals surface area contributed by atoms with Crippen LogP contribution in [0.3, 0.4) is 0 Å². The van der Waals surface area contributed by atoms with E-state index in [9.17, 15) is 0 Å². The first-order valence-corrected chi connectivity index (χ1v) is 19.3. The van der Waals surface area contributed by atoms with E-state index in [2.05, 4.69) is 203 Å². The van der Waals surface area contributed by atoms with Gasteiger partial charge in [-0.25, -0.2) is 0 Å². The summed E-state index contributed by atoms with van der Waals surface area (Å²) >= 11 is 0. The summed E-state index contributed by atoms with van der Waals surface area (Å²) in [5.41, 5.74) is 15.2. The van der Waals surface area contributed by atoms with Crippen LogP contribution in [-0.4, -0.2) is 9.55 Å². The lowest BCUT2D eigenvalue weighted by molar-refractivity contribution is 0.670. The summed E-state index contributed by atoms with van der Waals surface area (Å²) in [6, 6.07) is 71.2. The molecule has 0 N–H and O–H groups in total. The van der Waals surface area contributed by atoms with E-state index in [-0.39, 0.29) is 0 Å². The molecule has 0 amide bonds. The quantitative estimate of drug-likeness (QED) is 0.164. The van der Waals surface area contributed by atoms with Crippen LogP contribution < -0.4 is 4.90 Å². The predicted molar refractivity (Wildman–Crippen MR) is 237 cm³/mol. The zero-order chi connectivity index (χ0) is 37.7. The monoisotopic (exact) mass is 729 g/mol. The minimum Gasteiger partial charge on any atom is -0.455 e. The van der Waals surface area contributed by atoms with E-state index in [1.807, 2.05) is 24.5 Å². The Morgan fingerprint density at radius 1 is 0.404 bits per heavy atom. The maximum absolute atomic E-state index is 6.57. The highest BCUT2D eigenvalue weighted by Gasteiger charge is 2.20. The molecule has 0 saturated heterocycles. The van der Waals surface area contributed by atoms with Crippen molar-refractivity contribution in [2.24, 2.45) is 0 Å². The zero-order valence-corrected chi connectivity index (χ0v) is 31.0. The van der Waals surface area contributed by atoms with Crippen LogP contribution in [-0.2, 0) is 0 Å². The topological polar surface area (TPSA) is 34.2 Å². The Balaban J connectivity index is 1.09. The normalized spacial score (nSPS) is 11.5. The number of benzene rings is 8. The molecule has 57 heavy (non-hydrogen) atoms. The van der Waals surface area contributed by atoms with Crippen molar-refractivity contribution < 1.29 is 4.42 Å². The Bertz CT molecular complexity index is 3160. The van der Waals surface area contributed by atoms with Crippen LogP contribution in [0.5, 0.6) is 0 Å². The van der Waals surface area contributed by atoms with Gasteiger partial charge in [-0.3, -0.25) is 4.98 Å². The molecule has 3 heterocycles. The summed E-state index contributed by atoms with van der Waals surface area (Å²) in [4.78, 5) is 6.81. The molecule has 268 valence electrons. The average molecular weight is 730 g/mol. The van der Waals surface area contributed by atoms with Crippen molar-refractivity contribution in [3.05, 3.63) is 213 Å². The van der Waals surface area contributed by atoms with Gasteiger partial charge in [-0.15, -0.1) is 0 Å². The van der Waals surface area contributed by atoms with Gasteiger partial charge < -0.3 is 13.9 Å². The number of aromatic nitrogens is 2. The summed E-state index contributed by atoms with van der Waals surface area (Å²) < 4.78 is 8.90. The van der Waals surface area contributed by atoms with Crippen LogP contribution in [0, 0.1) is 0 Å². The molecular weight excluding hydrogens is 695 g/mol. The highest BCUT2D eigenvalue weighted by Crippen LogP contribution is 2.44. The first-order valence-electron chi connectivity index (χ1n) is 19.3. The fourth-order valence-electron chi connectivity index (χ4n) is 8.45. The van der Waals surface area contributed by atoms with Gasteiger partial charge in [0.05, 0.1) is 11.0 Å². The molecule has 0 aliphatic rings. The minimum absolute atomic E-state index is 0.893. The second kappa shape index (κ2) is 13.6. The third-order valence-corrected chi connectivity index (χ3v) is 11.1. The number of para-hydroxylation sites is 3. The van der Waals surface area contributed by atoms with E-state index in [0.29, 0.717) is 0 Å². The summed E-state index contributed by atoms with van der Waals surface area (Å²) in [5.74, 6) is 0. The van der Waals surface area contributed by atoms with E-state index in [0.717, 1.165) is 83.4 Å². The second-order valence-electron chi connectivity index (χ2n) is 14.4.